The molecular weight excluding hydrogens is 384 g/mol. The maximum atomic E-state index is 12.8. The number of ether oxygens (including phenoxy) is 1. The molecule has 0 saturated heterocycles. The van der Waals surface area contributed by atoms with Gasteiger partial charge >= 0.3 is 5.97 Å². The normalized spacial score (nSPS) is 11.1. The van der Waals surface area contributed by atoms with Crippen LogP contribution >= 0.6 is 0 Å². The fourth-order valence-corrected chi connectivity index (χ4v) is 4.08. The summed E-state index contributed by atoms with van der Waals surface area (Å²) in [4.78, 5) is 17.7. The van der Waals surface area contributed by atoms with Gasteiger partial charge in [0.15, 0.2) is 0 Å². The SMILES string of the molecule is CCOC(=O)c1c(C[NH2+]C(c2ccccc2)c2ccccc2)nc2ccccc2c1C. The van der Waals surface area contributed by atoms with E-state index in [1.807, 2.05) is 50.2 Å². The lowest BCUT2D eigenvalue weighted by Crippen LogP contribution is -2.84. The van der Waals surface area contributed by atoms with Crippen LogP contribution in [0.2, 0.25) is 0 Å². The van der Waals surface area contributed by atoms with Crippen molar-refractivity contribution < 1.29 is 14.8 Å². The smallest absolute Gasteiger partial charge is 0.340 e. The monoisotopic (exact) mass is 411 g/mol. The molecule has 0 radical (unpaired) electrons. The van der Waals surface area contributed by atoms with Crippen molar-refractivity contribution in [2.75, 3.05) is 6.61 Å². The van der Waals surface area contributed by atoms with Crippen molar-refractivity contribution in [2.24, 2.45) is 0 Å². The molecule has 2 N–H and O–H groups in total. The van der Waals surface area contributed by atoms with Crippen molar-refractivity contribution >= 4 is 16.9 Å². The van der Waals surface area contributed by atoms with E-state index in [9.17, 15) is 4.79 Å². The third kappa shape index (κ3) is 4.49. The van der Waals surface area contributed by atoms with Gasteiger partial charge in [0, 0.05) is 16.5 Å². The minimum Gasteiger partial charge on any atom is -0.462 e. The first-order valence-electron chi connectivity index (χ1n) is 10.7. The Bertz CT molecular complexity index is 1130. The van der Waals surface area contributed by atoms with E-state index in [0.717, 1.165) is 22.2 Å². The standard InChI is InChI=1S/C27H26N2O2/c1-3-31-27(30)25-19(2)22-16-10-11-17-23(22)29-24(25)18-28-26(20-12-6-4-7-13-20)21-14-8-5-9-15-21/h4-17,26,28H,3,18H2,1-2H3/p+1. The van der Waals surface area contributed by atoms with Crippen LogP contribution in [0.5, 0.6) is 0 Å². The summed E-state index contributed by atoms with van der Waals surface area (Å²) in [5.74, 6) is -0.308. The van der Waals surface area contributed by atoms with Crippen LogP contribution in [0, 0.1) is 6.92 Å². The van der Waals surface area contributed by atoms with E-state index in [4.69, 9.17) is 9.72 Å². The van der Waals surface area contributed by atoms with E-state index < -0.39 is 0 Å². The molecule has 0 fully saturated rings. The second kappa shape index (κ2) is 9.54. The lowest BCUT2D eigenvalue weighted by atomic mass is 9.97. The number of fused-ring (bicyclic) bond motifs is 1. The van der Waals surface area contributed by atoms with Gasteiger partial charge in [-0.1, -0.05) is 78.9 Å². The van der Waals surface area contributed by atoms with Gasteiger partial charge in [0.2, 0.25) is 0 Å². The van der Waals surface area contributed by atoms with Crippen LogP contribution < -0.4 is 5.32 Å². The lowest BCUT2D eigenvalue weighted by Gasteiger charge is -2.18. The second-order valence-corrected chi connectivity index (χ2v) is 7.53. The quantitative estimate of drug-likeness (QED) is 0.453. The van der Waals surface area contributed by atoms with E-state index in [2.05, 4.69) is 53.8 Å². The third-order valence-corrected chi connectivity index (χ3v) is 5.57. The fourth-order valence-electron chi connectivity index (χ4n) is 4.08. The molecule has 156 valence electrons. The molecule has 1 heterocycles. The fraction of sp³-hybridized carbons (Fsp3) is 0.185. The van der Waals surface area contributed by atoms with Crippen LogP contribution in [-0.2, 0) is 11.3 Å². The molecule has 0 bridgehead atoms. The summed E-state index contributed by atoms with van der Waals surface area (Å²) < 4.78 is 5.38. The highest BCUT2D eigenvalue weighted by molar-refractivity contribution is 5.98. The van der Waals surface area contributed by atoms with Crippen molar-refractivity contribution in [2.45, 2.75) is 26.4 Å². The molecule has 0 atom stereocenters. The summed E-state index contributed by atoms with van der Waals surface area (Å²) in [7, 11) is 0. The van der Waals surface area contributed by atoms with Gasteiger partial charge < -0.3 is 10.1 Å². The minimum absolute atomic E-state index is 0.103. The molecule has 0 unspecified atom stereocenters. The van der Waals surface area contributed by atoms with E-state index in [0.29, 0.717) is 18.7 Å². The predicted octanol–water partition coefficient (Wildman–Crippen LogP) is 4.57. The van der Waals surface area contributed by atoms with Crippen molar-refractivity contribution in [3.05, 3.63) is 113 Å². The van der Waals surface area contributed by atoms with Gasteiger partial charge in [-0.3, -0.25) is 0 Å². The Morgan fingerprint density at radius 2 is 1.48 bits per heavy atom. The molecule has 4 heteroatoms. The van der Waals surface area contributed by atoms with Gasteiger partial charge in [-0.2, -0.15) is 0 Å². The Morgan fingerprint density at radius 1 is 0.903 bits per heavy atom. The summed E-state index contributed by atoms with van der Waals surface area (Å²) in [5.41, 5.74) is 5.58. The number of para-hydroxylation sites is 1. The number of aryl methyl sites for hydroxylation is 1. The van der Waals surface area contributed by atoms with Crippen molar-refractivity contribution in [1.82, 2.24) is 4.98 Å². The van der Waals surface area contributed by atoms with E-state index in [1.54, 1.807) is 0 Å². The zero-order valence-corrected chi connectivity index (χ0v) is 17.9. The summed E-state index contributed by atoms with van der Waals surface area (Å²) in [5, 5.41) is 3.22. The number of rotatable bonds is 7. The van der Waals surface area contributed by atoms with Crippen LogP contribution in [0.4, 0.5) is 0 Å². The highest BCUT2D eigenvalue weighted by Crippen LogP contribution is 2.24. The lowest BCUT2D eigenvalue weighted by molar-refractivity contribution is -0.702. The largest absolute Gasteiger partial charge is 0.462 e. The highest BCUT2D eigenvalue weighted by Gasteiger charge is 2.23. The number of hydrogen-bond donors (Lipinski definition) is 1. The van der Waals surface area contributed by atoms with Gasteiger partial charge in [-0.25, -0.2) is 9.78 Å². The second-order valence-electron chi connectivity index (χ2n) is 7.53. The molecule has 3 aromatic carbocycles. The Morgan fingerprint density at radius 3 is 2.10 bits per heavy atom. The maximum Gasteiger partial charge on any atom is 0.340 e. The average Bonchev–Trinajstić information content (AvgIpc) is 2.81. The topological polar surface area (TPSA) is 55.8 Å². The van der Waals surface area contributed by atoms with E-state index in [-0.39, 0.29) is 12.0 Å². The molecule has 0 aliphatic rings. The number of nitrogens with zero attached hydrogens (tertiary/aromatic N) is 1. The molecule has 31 heavy (non-hydrogen) atoms. The van der Waals surface area contributed by atoms with Crippen LogP contribution in [0.25, 0.3) is 10.9 Å². The van der Waals surface area contributed by atoms with E-state index >= 15 is 0 Å². The summed E-state index contributed by atoms with van der Waals surface area (Å²) >= 11 is 0. The first kappa shape index (κ1) is 20.8. The van der Waals surface area contributed by atoms with Gasteiger partial charge in [0.25, 0.3) is 0 Å². The molecule has 0 spiro atoms. The molecule has 0 saturated carbocycles. The zero-order chi connectivity index (χ0) is 21.6. The number of pyridine rings is 1. The summed E-state index contributed by atoms with van der Waals surface area (Å²) in [6, 6.07) is 28.9. The Balaban J connectivity index is 1.74. The Labute approximate surface area is 182 Å². The van der Waals surface area contributed by atoms with Gasteiger partial charge in [-0.15, -0.1) is 0 Å². The zero-order valence-electron chi connectivity index (χ0n) is 17.9. The van der Waals surface area contributed by atoms with Crippen molar-refractivity contribution in [3.8, 4) is 0 Å². The molecule has 0 aliphatic heterocycles. The number of esters is 1. The predicted molar refractivity (Wildman–Crippen MR) is 123 cm³/mol. The van der Waals surface area contributed by atoms with Crippen LogP contribution in [-0.4, -0.2) is 17.6 Å². The van der Waals surface area contributed by atoms with Crippen LogP contribution in [0.15, 0.2) is 84.9 Å². The number of quaternary nitrogens is 1. The molecule has 4 aromatic rings. The number of nitrogens with two attached hydrogens (primary N) is 1. The number of carbonyl (C=O) groups is 1. The first-order valence-corrected chi connectivity index (χ1v) is 10.7. The molecule has 0 aliphatic carbocycles. The minimum atomic E-state index is -0.308. The number of carbonyl (C=O) groups excluding carboxylic acids is 1. The molecular formula is C27H27N2O2+. The third-order valence-electron chi connectivity index (χ3n) is 5.57. The van der Waals surface area contributed by atoms with Crippen LogP contribution in [0.3, 0.4) is 0 Å². The summed E-state index contributed by atoms with van der Waals surface area (Å²) in [6.45, 7) is 4.71. The Hall–Kier alpha value is -3.50. The van der Waals surface area contributed by atoms with Gasteiger partial charge in [0.1, 0.15) is 18.3 Å². The van der Waals surface area contributed by atoms with Crippen molar-refractivity contribution in [1.29, 1.82) is 0 Å². The average molecular weight is 412 g/mol. The Kier molecular flexibility index (Phi) is 6.39. The summed E-state index contributed by atoms with van der Waals surface area (Å²) in [6.07, 6.45) is 0. The number of hydrogen-bond acceptors (Lipinski definition) is 3. The number of aromatic nitrogens is 1. The molecule has 4 rings (SSSR count). The molecule has 0 amide bonds. The number of benzene rings is 3. The maximum absolute atomic E-state index is 12.8. The van der Waals surface area contributed by atoms with Gasteiger partial charge in [-0.05, 0) is 25.5 Å². The van der Waals surface area contributed by atoms with Crippen molar-refractivity contribution in [3.63, 3.8) is 0 Å². The molecule has 1 aromatic heterocycles. The first-order chi connectivity index (χ1) is 15.2. The van der Waals surface area contributed by atoms with Crippen LogP contribution in [0.1, 0.15) is 45.7 Å². The molecule has 4 nitrogen and oxygen atoms in total. The van der Waals surface area contributed by atoms with E-state index in [1.165, 1.54) is 11.1 Å². The van der Waals surface area contributed by atoms with Gasteiger partial charge in [0.05, 0.1) is 17.7 Å². The highest BCUT2D eigenvalue weighted by atomic mass is 16.5.